The monoisotopic (exact) mass is 166 g/mol. The number of methoxy groups -OCH3 is 1. The molecule has 0 aliphatic heterocycles. The third-order valence-corrected chi connectivity index (χ3v) is 1.28. The van der Waals surface area contributed by atoms with Crippen LogP contribution in [0.1, 0.15) is 20.8 Å². The maximum atomic E-state index is 4.94. The topological polar surface area (TPSA) is 9.23 Å². The van der Waals surface area contributed by atoms with Crippen molar-refractivity contribution >= 4 is 0 Å². The molecule has 0 amide bonds. The first kappa shape index (κ1) is 11.2. The predicted molar refractivity (Wildman–Crippen MR) is 53.2 cm³/mol. The van der Waals surface area contributed by atoms with Crippen LogP contribution in [0.5, 0.6) is 0 Å². The number of rotatable bonds is 0. The van der Waals surface area contributed by atoms with E-state index in [-0.39, 0.29) is 5.60 Å². The fourth-order valence-corrected chi connectivity index (χ4v) is 0.385. The zero-order valence-corrected chi connectivity index (χ0v) is 8.37. The quantitative estimate of drug-likeness (QED) is 0.575. The van der Waals surface area contributed by atoms with Crippen molar-refractivity contribution < 1.29 is 4.74 Å². The summed E-state index contributed by atoms with van der Waals surface area (Å²) < 4.78 is 4.94. The Balaban J connectivity index is 0.000000202. The van der Waals surface area contributed by atoms with Crippen LogP contribution in [0.3, 0.4) is 0 Å². The molecule has 0 saturated carbocycles. The lowest BCUT2D eigenvalue weighted by molar-refractivity contribution is 0.0397. The average molecular weight is 166 g/mol. The number of hydrogen-bond donors (Lipinski definition) is 0. The zero-order chi connectivity index (χ0) is 9.45. The van der Waals surface area contributed by atoms with Crippen molar-refractivity contribution in [3.63, 3.8) is 0 Å². The first-order valence-electron chi connectivity index (χ1n) is 4.11. The molecular formula is C11H18O. The van der Waals surface area contributed by atoms with E-state index < -0.39 is 0 Å². The van der Waals surface area contributed by atoms with Gasteiger partial charge < -0.3 is 4.74 Å². The lowest BCUT2D eigenvalue weighted by Gasteiger charge is -2.14. The van der Waals surface area contributed by atoms with Crippen molar-refractivity contribution in [3.8, 4) is 0 Å². The van der Waals surface area contributed by atoms with Crippen LogP contribution in [0.25, 0.3) is 0 Å². The van der Waals surface area contributed by atoms with Crippen molar-refractivity contribution in [2.45, 2.75) is 26.4 Å². The highest BCUT2D eigenvalue weighted by Crippen LogP contribution is 2.02. The summed E-state index contributed by atoms with van der Waals surface area (Å²) in [5, 5.41) is 0. The van der Waals surface area contributed by atoms with Gasteiger partial charge in [-0.25, -0.2) is 0 Å². The fourth-order valence-electron chi connectivity index (χ4n) is 0.385. The molecule has 1 heteroatoms. The Kier molecular flexibility index (Phi) is 5.39. The van der Waals surface area contributed by atoms with Gasteiger partial charge in [0.2, 0.25) is 0 Å². The van der Waals surface area contributed by atoms with Gasteiger partial charge in [-0.15, -0.1) is 0 Å². The first-order chi connectivity index (χ1) is 5.56. The largest absolute Gasteiger partial charge is 0.379 e. The van der Waals surface area contributed by atoms with E-state index in [2.05, 4.69) is 0 Å². The smallest absolute Gasteiger partial charge is 0.0594 e. The Labute approximate surface area is 75.4 Å². The van der Waals surface area contributed by atoms with Crippen LogP contribution in [0.2, 0.25) is 0 Å². The lowest BCUT2D eigenvalue weighted by atomic mass is 10.2. The summed E-state index contributed by atoms with van der Waals surface area (Å²) in [5.41, 5.74) is 0.0417. The molecule has 1 aromatic rings. The van der Waals surface area contributed by atoms with Crippen LogP contribution < -0.4 is 0 Å². The third kappa shape index (κ3) is 9.18. The second-order valence-corrected chi connectivity index (χ2v) is 3.47. The van der Waals surface area contributed by atoms with E-state index in [1.165, 1.54) is 0 Å². The molecule has 0 N–H and O–H groups in total. The van der Waals surface area contributed by atoms with E-state index in [1.54, 1.807) is 7.11 Å². The van der Waals surface area contributed by atoms with Gasteiger partial charge in [-0.2, -0.15) is 0 Å². The molecule has 1 nitrogen and oxygen atoms in total. The molecule has 0 fully saturated rings. The second kappa shape index (κ2) is 5.78. The van der Waals surface area contributed by atoms with Gasteiger partial charge in [-0.3, -0.25) is 0 Å². The van der Waals surface area contributed by atoms with Crippen LogP contribution >= 0.6 is 0 Å². The van der Waals surface area contributed by atoms with Crippen LogP contribution in [-0.4, -0.2) is 12.7 Å². The van der Waals surface area contributed by atoms with E-state index in [9.17, 15) is 0 Å². The highest BCUT2D eigenvalue weighted by atomic mass is 16.5. The molecule has 0 bridgehead atoms. The molecule has 0 heterocycles. The molecule has 0 saturated heterocycles. The van der Waals surface area contributed by atoms with E-state index in [0.29, 0.717) is 0 Å². The van der Waals surface area contributed by atoms with Gasteiger partial charge in [-0.1, -0.05) is 36.4 Å². The van der Waals surface area contributed by atoms with E-state index in [0.717, 1.165) is 0 Å². The van der Waals surface area contributed by atoms with Crippen LogP contribution in [0, 0.1) is 0 Å². The predicted octanol–water partition coefficient (Wildman–Crippen LogP) is 3.12. The number of hydrogen-bond acceptors (Lipinski definition) is 1. The van der Waals surface area contributed by atoms with E-state index in [1.807, 2.05) is 57.2 Å². The SMILES string of the molecule is COC(C)(C)C.c1ccccc1. The van der Waals surface area contributed by atoms with Crippen LogP contribution in [-0.2, 0) is 4.74 Å². The normalized spacial score (nSPS) is 10.0. The van der Waals surface area contributed by atoms with Gasteiger partial charge in [0, 0.05) is 7.11 Å². The lowest BCUT2D eigenvalue weighted by Crippen LogP contribution is -2.15. The van der Waals surface area contributed by atoms with Crippen molar-refractivity contribution in [1.82, 2.24) is 0 Å². The molecule has 0 unspecified atom stereocenters. The van der Waals surface area contributed by atoms with Crippen molar-refractivity contribution in [2.24, 2.45) is 0 Å². The molecule has 0 spiro atoms. The molecular weight excluding hydrogens is 148 g/mol. The van der Waals surface area contributed by atoms with Gasteiger partial charge in [-0.05, 0) is 20.8 Å². The molecule has 0 aliphatic carbocycles. The van der Waals surface area contributed by atoms with E-state index >= 15 is 0 Å². The third-order valence-electron chi connectivity index (χ3n) is 1.28. The standard InChI is InChI=1S/C6H6.C5H12O/c1-2-4-6-5-3-1;1-5(2,3)6-4/h1-6H;1-4H3. The minimum Gasteiger partial charge on any atom is -0.379 e. The van der Waals surface area contributed by atoms with Crippen molar-refractivity contribution in [2.75, 3.05) is 7.11 Å². The Bertz CT molecular complexity index is 147. The molecule has 1 aromatic carbocycles. The minimum absolute atomic E-state index is 0.0417. The average Bonchev–Trinajstić information content (AvgIpc) is 2.07. The van der Waals surface area contributed by atoms with Crippen molar-refractivity contribution in [3.05, 3.63) is 36.4 Å². The van der Waals surface area contributed by atoms with Crippen LogP contribution in [0.15, 0.2) is 36.4 Å². The van der Waals surface area contributed by atoms with E-state index in [4.69, 9.17) is 4.74 Å². The first-order valence-corrected chi connectivity index (χ1v) is 4.11. The number of ether oxygens (including phenoxy) is 1. The summed E-state index contributed by atoms with van der Waals surface area (Å²) >= 11 is 0. The summed E-state index contributed by atoms with van der Waals surface area (Å²) in [4.78, 5) is 0. The minimum atomic E-state index is 0.0417. The molecule has 0 aliphatic rings. The highest BCUT2D eigenvalue weighted by molar-refractivity contribution is 4.99. The fraction of sp³-hybridized carbons (Fsp3) is 0.455. The molecule has 1 rings (SSSR count). The summed E-state index contributed by atoms with van der Waals surface area (Å²) in [6, 6.07) is 12.0. The van der Waals surface area contributed by atoms with Gasteiger partial charge in [0.15, 0.2) is 0 Å². The second-order valence-electron chi connectivity index (χ2n) is 3.47. The molecule has 12 heavy (non-hydrogen) atoms. The maximum absolute atomic E-state index is 4.94. The van der Waals surface area contributed by atoms with Crippen molar-refractivity contribution in [1.29, 1.82) is 0 Å². The Morgan fingerprint density at radius 3 is 1.00 bits per heavy atom. The summed E-state index contributed by atoms with van der Waals surface area (Å²) in [7, 11) is 1.71. The summed E-state index contributed by atoms with van der Waals surface area (Å²) in [5.74, 6) is 0. The van der Waals surface area contributed by atoms with Gasteiger partial charge in [0.05, 0.1) is 5.60 Å². The Morgan fingerprint density at radius 1 is 0.750 bits per heavy atom. The Hall–Kier alpha value is -0.820. The number of benzene rings is 1. The molecule has 0 atom stereocenters. The Morgan fingerprint density at radius 2 is 0.917 bits per heavy atom. The summed E-state index contributed by atoms with van der Waals surface area (Å²) in [6.07, 6.45) is 0. The van der Waals surface area contributed by atoms with Crippen LogP contribution in [0.4, 0.5) is 0 Å². The summed E-state index contributed by atoms with van der Waals surface area (Å²) in [6.45, 7) is 6.06. The van der Waals surface area contributed by atoms with Gasteiger partial charge in [0.25, 0.3) is 0 Å². The van der Waals surface area contributed by atoms with Gasteiger partial charge in [0.1, 0.15) is 0 Å². The molecule has 68 valence electrons. The zero-order valence-electron chi connectivity index (χ0n) is 8.37. The van der Waals surface area contributed by atoms with Gasteiger partial charge >= 0.3 is 0 Å². The highest BCUT2D eigenvalue weighted by Gasteiger charge is 2.03. The molecule has 0 radical (unpaired) electrons. The maximum Gasteiger partial charge on any atom is 0.0594 e. The molecule has 0 aromatic heterocycles.